The molecule has 0 spiro atoms. The maximum atomic E-state index is 5.86. The second-order valence-electron chi connectivity index (χ2n) is 3.15. The molecular formula is C8H4ClIN8. The molecule has 0 N–H and O–H groups in total. The Hall–Kier alpha value is -1.62. The summed E-state index contributed by atoms with van der Waals surface area (Å²) in [6.07, 6.45) is 6.32. The summed E-state index contributed by atoms with van der Waals surface area (Å²) in [4.78, 5) is 16.0. The van der Waals surface area contributed by atoms with E-state index in [2.05, 4.69) is 52.7 Å². The Balaban J connectivity index is 2.11. The summed E-state index contributed by atoms with van der Waals surface area (Å²) in [6.45, 7) is 0. The first-order valence-electron chi connectivity index (χ1n) is 4.69. The molecule has 0 saturated heterocycles. The fraction of sp³-hybridized carbons (Fsp3) is 0. The van der Waals surface area contributed by atoms with Crippen LogP contribution in [0.3, 0.4) is 0 Å². The van der Waals surface area contributed by atoms with Gasteiger partial charge >= 0.3 is 0 Å². The third-order valence-electron chi connectivity index (χ3n) is 1.96. The zero-order valence-electron chi connectivity index (χ0n) is 8.64. The highest BCUT2D eigenvalue weighted by Crippen LogP contribution is 2.10. The third-order valence-corrected chi connectivity index (χ3v) is 2.69. The van der Waals surface area contributed by atoms with E-state index >= 15 is 0 Å². The van der Waals surface area contributed by atoms with Crippen LogP contribution in [0.15, 0.2) is 25.0 Å². The molecule has 3 aromatic rings. The Labute approximate surface area is 119 Å². The minimum atomic E-state index is 0.0657. The van der Waals surface area contributed by atoms with E-state index in [1.807, 2.05) is 0 Å². The van der Waals surface area contributed by atoms with Crippen molar-refractivity contribution in [3.63, 3.8) is 0 Å². The van der Waals surface area contributed by atoms with Crippen LogP contribution in [0.25, 0.3) is 11.9 Å². The Morgan fingerprint density at radius 1 is 1.06 bits per heavy atom. The Morgan fingerprint density at radius 3 is 2.44 bits per heavy atom. The quantitative estimate of drug-likeness (QED) is 0.619. The smallest absolute Gasteiger partial charge is 0.223 e. The Morgan fingerprint density at radius 2 is 1.83 bits per heavy atom. The van der Waals surface area contributed by atoms with E-state index in [0.29, 0.717) is 5.95 Å². The van der Waals surface area contributed by atoms with Crippen LogP contribution in [-0.4, -0.2) is 39.5 Å². The molecule has 18 heavy (non-hydrogen) atoms. The van der Waals surface area contributed by atoms with Gasteiger partial charge in [0.15, 0.2) is 0 Å². The minimum absolute atomic E-state index is 0.0657. The van der Waals surface area contributed by atoms with Crippen molar-refractivity contribution in [2.75, 3.05) is 0 Å². The SMILES string of the molecule is Clc1nc(-n2cncn2)nc(-n2cc(I)cn2)n1. The van der Waals surface area contributed by atoms with Crippen molar-refractivity contribution in [1.82, 2.24) is 39.5 Å². The lowest BCUT2D eigenvalue weighted by atomic mass is 10.7. The summed E-state index contributed by atoms with van der Waals surface area (Å²) in [5.41, 5.74) is 0. The van der Waals surface area contributed by atoms with Crippen LogP contribution in [-0.2, 0) is 0 Å². The second kappa shape index (κ2) is 4.57. The molecule has 0 fully saturated rings. The van der Waals surface area contributed by atoms with Gasteiger partial charge in [-0.1, -0.05) is 0 Å². The molecule has 0 aliphatic carbocycles. The van der Waals surface area contributed by atoms with Gasteiger partial charge in [0.05, 0.1) is 9.77 Å². The summed E-state index contributed by atoms with van der Waals surface area (Å²) in [5.74, 6) is 0.608. The van der Waals surface area contributed by atoms with Crippen LogP contribution in [0, 0.1) is 3.57 Å². The van der Waals surface area contributed by atoms with Gasteiger partial charge in [0.2, 0.25) is 5.28 Å². The molecule has 8 nitrogen and oxygen atoms in total. The molecule has 3 heterocycles. The molecule has 0 aliphatic rings. The highest BCUT2D eigenvalue weighted by molar-refractivity contribution is 14.1. The number of hydrogen-bond acceptors (Lipinski definition) is 6. The van der Waals surface area contributed by atoms with Crippen LogP contribution in [0.1, 0.15) is 0 Å². The predicted octanol–water partition coefficient (Wildman–Crippen LogP) is 0.896. The van der Waals surface area contributed by atoms with Crippen molar-refractivity contribution in [2.24, 2.45) is 0 Å². The van der Waals surface area contributed by atoms with Gasteiger partial charge in [-0.15, -0.1) is 0 Å². The second-order valence-corrected chi connectivity index (χ2v) is 4.73. The molecule has 0 saturated carbocycles. The number of aromatic nitrogens is 8. The van der Waals surface area contributed by atoms with Crippen molar-refractivity contribution in [3.05, 3.63) is 33.9 Å². The fourth-order valence-electron chi connectivity index (χ4n) is 1.26. The summed E-state index contributed by atoms with van der Waals surface area (Å²) in [7, 11) is 0. The van der Waals surface area contributed by atoms with Gasteiger partial charge < -0.3 is 0 Å². The van der Waals surface area contributed by atoms with Crippen LogP contribution < -0.4 is 0 Å². The molecule has 3 rings (SSSR count). The van der Waals surface area contributed by atoms with E-state index in [1.54, 1.807) is 12.4 Å². The lowest BCUT2D eigenvalue weighted by molar-refractivity contribution is 0.743. The molecule has 0 bridgehead atoms. The molecule has 0 radical (unpaired) electrons. The topological polar surface area (TPSA) is 87.2 Å². The van der Waals surface area contributed by atoms with E-state index < -0.39 is 0 Å². The molecule has 0 atom stereocenters. The van der Waals surface area contributed by atoms with Gasteiger partial charge in [0, 0.05) is 6.20 Å². The first kappa shape index (κ1) is 11.5. The Kier molecular flexibility index (Phi) is 2.91. The molecule has 10 heteroatoms. The van der Waals surface area contributed by atoms with E-state index in [9.17, 15) is 0 Å². The van der Waals surface area contributed by atoms with Crippen LogP contribution >= 0.6 is 34.2 Å². The van der Waals surface area contributed by atoms with Gasteiger partial charge in [-0.3, -0.25) is 0 Å². The standard InChI is InChI=1S/C8H4ClIN8/c9-6-14-7(17-2-5(10)1-12-17)16-8(15-6)18-4-11-3-13-18/h1-4H. The summed E-state index contributed by atoms with van der Waals surface area (Å²) in [5, 5.41) is 8.10. The average Bonchev–Trinajstić information content (AvgIpc) is 2.98. The largest absolute Gasteiger partial charge is 0.258 e. The lowest BCUT2D eigenvalue weighted by Crippen LogP contribution is -2.09. The van der Waals surface area contributed by atoms with Gasteiger partial charge in [-0.25, -0.2) is 9.67 Å². The normalized spacial score (nSPS) is 10.8. The predicted molar refractivity (Wildman–Crippen MR) is 69.6 cm³/mol. The fourth-order valence-corrected chi connectivity index (χ4v) is 1.80. The van der Waals surface area contributed by atoms with Crippen molar-refractivity contribution in [2.45, 2.75) is 0 Å². The van der Waals surface area contributed by atoms with Gasteiger partial charge in [-0.2, -0.15) is 29.8 Å². The molecule has 3 aromatic heterocycles. The Bertz CT molecular complexity index is 678. The maximum absolute atomic E-state index is 5.86. The summed E-state index contributed by atoms with van der Waals surface area (Å²) in [6, 6.07) is 0. The number of rotatable bonds is 2. The van der Waals surface area contributed by atoms with Crippen molar-refractivity contribution < 1.29 is 0 Å². The average molecular weight is 375 g/mol. The van der Waals surface area contributed by atoms with Gasteiger partial charge in [0.25, 0.3) is 11.9 Å². The van der Waals surface area contributed by atoms with Crippen molar-refractivity contribution in [3.8, 4) is 11.9 Å². The first-order chi connectivity index (χ1) is 8.72. The van der Waals surface area contributed by atoms with Crippen LogP contribution in [0.4, 0.5) is 0 Å². The zero-order chi connectivity index (χ0) is 12.5. The zero-order valence-corrected chi connectivity index (χ0v) is 11.6. The molecule has 0 aliphatic heterocycles. The van der Waals surface area contributed by atoms with Crippen molar-refractivity contribution in [1.29, 1.82) is 0 Å². The summed E-state index contributed by atoms with van der Waals surface area (Å²) >= 11 is 8.00. The van der Waals surface area contributed by atoms with E-state index in [1.165, 1.54) is 22.0 Å². The number of halogens is 2. The minimum Gasteiger partial charge on any atom is -0.223 e. The summed E-state index contributed by atoms with van der Waals surface area (Å²) < 4.78 is 3.87. The molecule has 0 unspecified atom stereocenters. The molecular weight excluding hydrogens is 371 g/mol. The maximum Gasteiger partial charge on any atom is 0.258 e. The lowest BCUT2D eigenvalue weighted by Gasteiger charge is -2.02. The van der Waals surface area contributed by atoms with Gasteiger partial charge in [0.1, 0.15) is 12.7 Å². The molecule has 0 amide bonds. The van der Waals surface area contributed by atoms with Crippen molar-refractivity contribution >= 4 is 34.2 Å². The van der Waals surface area contributed by atoms with Crippen LogP contribution in [0.2, 0.25) is 5.28 Å². The first-order valence-corrected chi connectivity index (χ1v) is 6.15. The highest BCUT2D eigenvalue weighted by atomic mass is 127. The highest BCUT2D eigenvalue weighted by Gasteiger charge is 2.09. The molecule has 90 valence electrons. The van der Waals surface area contributed by atoms with E-state index in [4.69, 9.17) is 11.6 Å². The van der Waals surface area contributed by atoms with E-state index in [0.717, 1.165) is 3.57 Å². The number of hydrogen-bond donors (Lipinski definition) is 0. The van der Waals surface area contributed by atoms with E-state index in [-0.39, 0.29) is 11.2 Å². The third kappa shape index (κ3) is 2.18. The number of nitrogens with zero attached hydrogens (tertiary/aromatic N) is 8. The molecule has 0 aromatic carbocycles. The van der Waals surface area contributed by atoms with Crippen LogP contribution in [0.5, 0.6) is 0 Å². The monoisotopic (exact) mass is 374 g/mol. The van der Waals surface area contributed by atoms with Gasteiger partial charge in [-0.05, 0) is 34.2 Å².